The maximum absolute atomic E-state index is 11.9. The molecule has 1 amide bonds. The van der Waals surface area contributed by atoms with Crippen molar-refractivity contribution in [3.05, 3.63) is 58.6 Å². The first-order chi connectivity index (χ1) is 11.2. The van der Waals surface area contributed by atoms with Crippen molar-refractivity contribution in [2.24, 2.45) is 5.14 Å². The monoisotopic (exact) mass is 368 g/mol. The van der Waals surface area contributed by atoms with Crippen LogP contribution in [0.2, 0.25) is 5.02 Å². The zero-order valence-corrected chi connectivity index (χ0v) is 14.5. The van der Waals surface area contributed by atoms with Crippen LogP contribution in [0.15, 0.2) is 42.5 Å². The molecule has 24 heavy (non-hydrogen) atoms. The van der Waals surface area contributed by atoms with Gasteiger partial charge in [-0.1, -0.05) is 23.7 Å². The van der Waals surface area contributed by atoms with Gasteiger partial charge in [-0.2, -0.15) is 0 Å². The molecule has 0 atom stereocenters. The van der Waals surface area contributed by atoms with E-state index >= 15 is 0 Å². The van der Waals surface area contributed by atoms with Gasteiger partial charge in [0.25, 0.3) is 5.91 Å². The summed E-state index contributed by atoms with van der Waals surface area (Å²) in [5.41, 5.74) is 1.94. The third-order valence-corrected chi connectivity index (χ3v) is 4.26. The van der Waals surface area contributed by atoms with E-state index in [-0.39, 0.29) is 18.3 Å². The fourth-order valence-corrected chi connectivity index (χ4v) is 2.74. The summed E-state index contributed by atoms with van der Waals surface area (Å²) < 4.78 is 27.4. The number of hydrogen-bond donors (Lipinski definition) is 2. The molecule has 0 aromatic heterocycles. The summed E-state index contributed by atoms with van der Waals surface area (Å²) in [6.45, 7) is 1.69. The van der Waals surface area contributed by atoms with Crippen LogP contribution in [0.1, 0.15) is 11.1 Å². The molecule has 0 aliphatic carbocycles. The smallest absolute Gasteiger partial charge is 0.262 e. The van der Waals surface area contributed by atoms with Crippen LogP contribution in [0, 0.1) is 6.92 Å². The van der Waals surface area contributed by atoms with Crippen LogP contribution in [0.5, 0.6) is 5.75 Å². The fourth-order valence-electron chi connectivity index (χ4n) is 1.97. The van der Waals surface area contributed by atoms with Crippen molar-refractivity contribution in [3.8, 4) is 5.75 Å². The van der Waals surface area contributed by atoms with E-state index in [4.69, 9.17) is 21.5 Å². The molecule has 0 aliphatic heterocycles. The summed E-state index contributed by atoms with van der Waals surface area (Å²) in [6.07, 6.45) is 0. The van der Waals surface area contributed by atoms with Crippen molar-refractivity contribution in [2.45, 2.75) is 12.7 Å². The summed E-state index contributed by atoms with van der Waals surface area (Å²) in [6, 6.07) is 11.5. The number of nitrogens with two attached hydrogens (primary N) is 1. The number of benzene rings is 2. The molecule has 0 bridgehead atoms. The Morgan fingerprint density at radius 1 is 1.21 bits per heavy atom. The van der Waals surface area contributed by atoms with Gasteiger partial charge in [0.2, 0.25) is 10.0 Å². The second kappa shape index (κ2) is 7.65. The van der Waals surface area contributed by atoms with Gasteiger partial charge >= 0.3 is 0 Å². The zero-order chi connectivity index (χ0) is 17.7. The van der Waals surface area contributed by atoms with E-state index in [1.54, 1.807) is 42.5 Å². The van der Waals surface area contributed by atoms with Crippen LogP contribution in [0.3, 0.4) is 0 Å². The Bertz CT molecular complexity index is 836. The van der Waals surface area contributed by atoms with Crippen LogP contribution < -0.4 is 15.2 Å². The molecule has 0 saturated carbocycles. The number of nitrogens with one attached hydrogen (secondary N) is 1. The minimum absolute atomic E-state index is 0.153. The average molecular weight is 369 g/mol. The Morgan fingerprint density at radius 3 is 2.46 bits per heavy atom. The summed E-state index contributed by atoms with van der Waals surface area (Å²) in [7, 11) is -3.58. The van der Waals surface area contributed by atoms with Gasteiger partial charge in [0.1, 0.15) is 5.75 Å². The number of carbonyl (C=O) groups is 1. The van der Waals surface area contributed by atoms with Crippen molar-refractivity contribution in [3.63, 3.8) is 0 Å². The highest BCUT2D eigenvalue weighted by molar-refractivity contribution is 7.88. The molecule has 0 aliphatic rings. The number of aryl methyl sites for hydroxylation is 1. The fraction of sp³-hybridized carbons (Fsp3) is 0.188. The Morgan fingerprint density at radius 2 is 1.88 bits per heavy atom. The lowest BCUT2D eigenvalue weighted by atomic mass is 10.2. The summed E-state index contributed by atoms with van der Waals surface area (Å²) in [5, 5.41) is 8.27. The van der Waals surface area contributed by atoms with E-state index < -0.39 is 10.0 Å². The zero-order valence-electron chi connectivity index (χ0n) is 13.0. The highest BCUT2D eigenvalue weighted by Crippen LogP contribution is 2.21. The third kappa shape index (κ3) is 5.84. The number of amides is 1. The quantitative estimate of drug-likeness (QED) is 0.818. The molecule has 2 rings (SSSR count). The molecule has 2 aromatic rings. The predicted octanol–water partition coefficient (Wildman–Crippen LogP) is 2.45. The lowest BCUT2D eigenvalue weighted by Crippen LogP contribution is -2.20. The number of hydrogen-bond acceptors (Lipinski definition) is 4. The topological polar surface area (TPSA) is 98.5 Å². The molecule has 8 heteroatoms. The van der Waals surface area contributed by atoms with Gasteiger partial charge in [-0.05, 0) is 48.4 Å². The van der Waals surface area contributed by atoms with Crippen molar-refractivity contribution < 1.29 is 17.9 Å². The Balaban J connectivity index is 1.89. The average Bonchev–Trinajstić information content (AvgIpc) is 2.49. The van der Waals surface area contributed by atoms with Crippen molar-refractivity contribution in [1.29, 1.82) is 0 Å². The standard InChI is InChI=1S/C16H17ClN2O4S/c1-11-8-14(6-7-15(11)17)23-9-16(20)19-13-4-2-12(3-5-13)10-24(18,21)22/h2-8H,9-10H2,1H3,(H,19,20)(H2,18,21,22). The molecule has 2 aromatic carbocycles. The van der Waals surface area contributed by atoms with Gasteiger partial charge in [0.05, 0.1) is 5.75 Å². The summed E-state index contributed by atoms with van der Waals surface area (Å²) in [4.78, 5) is 11.9. The maximum Gasteiger partial charge on any atom is 0.262 e. The van der Waals surface area contributed by atoms with Crippen LogP contribution >= 0.6 is 11.6 Å². The number of anilines is 1. The van der Waals surface area contributed by atoms with Gasteiger partial charge in [0.15, 0.2) is 6.61 Å². The molecular weight excluding hydrogens is 352 g/mol. The molecule has 3 N–H and O–H groups in total. The maximum atomic E-state index is 11.9. The number of rotatable bonds is 6. The largest absolute Gasteiger partial charge is 0.484 e. The molecule has 0 saturated heterocycles. The van der Waals surface area contributed by atoms with Crippen LogP contribution in [-0.4, -0.2) is 20.9 Å². The van der Waals surface area contributed by atoms with Gasteiger partial charge < -0.3 is 10.1 Å². The first-order valence-electron chi connectivity index (χ1n) is 7.01. The molecule has 0 unspecified atom stereocenters. The van der Waals surface area contributed by atoms with Gasteiger partial charge in [-0.25, -0.2) is 13.6 Å². The number of carbonyl (C=O) groups excluding carboxylic acids is 1. The second-order valence-corrected chi connectivity index (χ2v) is 7.27. The van der Waals surface area contributed by atoms with Crippen LogP contribution in [0.4, 0.5) is 5.69 Å². The Labute approximate surface area is 145 Å². The third-order valence-electron chi connectivity index (χ3n) is 3.10. The van der Waals surface area contributed by atoms with E-state index in [1.165, 1.54) is 0 Å². The highest BCUT2D eigenvalue weighted by Gasteiger charge is 2.07. The van der Waals surface area contributed by atoms with E-state index in [9.17, 15) is 13.2 Å². The summed E-state index contributed by atoms with van der Waals surface area (Å²) in [5.74, 6) is -0.0300. The molecule has 0 radical (unpaired) electrons. The van der Waals surface area contributed by atoms with E-state index in [0.29, 0.717) is 22.0 Å². The number of halogens is 1. The molecule has 0 spiro atoms. The minimum Gasteiger partial charge on any atom is -0.484 e. The van der Waals surface area contributed by atoms with Crippen LogP contribution in [0.25, 0.3) is 0 Å². The van der Waals surface area contributed by atoms with Gasteiger partial charge in [0, 0.05) is 10.7 Å². The predicted molar refractivity (Wildman–Crippen MR) is 93.6 cm³/mol. The van der Waals surface area contributed by atoms with Crippen molar-refractivity contribution in [1.82, 2.24) is 0 Å². The highest BCUT2D eigenvalue weighted by atomic mass is 35.5. The van der Waals surface area contributed by atoms with Crippen LogP contribution in [-0.2, 0) is 20.6 Å². The minimum atomic E-state index is -3.58. The molecule has 128 valence electrons. The lowest BCUT2D eigenvalue weighted by Gasteiger charge is -2.09. The molecule has 6 nitrogen and oxygen atoms in total. The second-order valence-electron chi connectivity index (χ2n) is 5.25. The number of sulfonamides is 1. The normalized spacial score (nSPS) is 11.1. The van der Waals surface area contributed by atoms with E-state index in [2.05, 4.69) is 5.32 Å². The molecule has 0 heterocycles. The van der Waals surface area contributed by atoms with E-state index in [1.807, 2.05) is 6.92 Å². The first kappa shape index (κ1) is 18.3. The van der Waals surface area contributed by atoms with Crippen molar-refractivity contribution >= 4 is 33.2 Å². The molecular formula is C16H17ClN2O4S. The van der Waals surface area contributed by atoms with Gasteiger partial charge in [-0.15, -0.1) is 0 Å². The summed E-state index contributed by atoms with van der Waals surface area (Å²) >= 11 is 5.92. The molecule has 0 fully saturated rings. The SMILES string of the molecule is Cc1cc(OCC(=O)Nc2ccc(CS(N)(=O)=O)cc2)ccc1Cl. The Kier molecular flexibility index (Phi) is 5.82. The first-order valence-corrected chi connectivity index (χ1v) is 9.10. The lowest BCUT2D eigenvalue weighted by molar-refractivity contribution is -0.118. The number of ether oxygens (including phenoxy) is 1. The van der Waals surface area contributed by atoms with E-state index in [0.717, 1.165) is 5.56 Å². The van der Waals surface area contributed by atoms with Gasteiger partial charge in [-0.3, -0.25) is 4.79 Å². The Hall–Kier alpha value is -2.09. The number of primary sulfonamides is 1. The van der Waals surface area contributed by atoms with Crippen molar-refractivity contribution in [2.75, 3.05) is 11.9 Å².